The van der Waals surface area contributed by atoms with Gasteiger partial charge < -0.3 is 19.4 Å². The SMILES string of the molecule is COc1ccc(S(=O)(=O)N(CC(=O)NCc2ccccc2-n2ccnc2)c2ccc(F)cc2)cc1OC. The van der Waals surface area contributed by atoms with E-state index >= 15 is 0 Å². The Hall–Kier alpha value is -4.38. The molecule has 0 atom stereocenters. The van der Waals surface area contributed by atoms with Crippen molar-refractivity contribution in [3.05, 3.63) is 96.8 Å². The van der Waals surface area contributed by atoms with Crippen LogP contribution in [0.4, 0.5) is 10.1 Å². The largest absolute Gasteiger partial charge is 0.493 e. The molecule has 4 aromatic rings. The molecule has 0 aliphatic carbocycles. The lowest BCUT2D eigenvalue weighted by Crippen LogP contribution is -2.40. The zero-order valence-corrected chi connectivity index (χ0v) is 21.0. The van der Waals surface area contributed by atoms with Crippen molar-refractivity contribution in [2.24, 2.45) is 0 Å². The van der Waals surface area contributed by atoms with Crippen LogP contribution in [-0.4, -0.2) is 44.6 Å². The maximum Gasteiger partial charge on any atom is 0.264 e. The quantitative estimate of drug-likeness (QED) is 0.341. The molecule has 0 radical (unpaired) electrons. The van der Waals surface area contributed by atoms with Gasteiger partial charge in [0.15, 0.2) is 11.5 Å². The Labute approximate surface area is 214 Å². The summed E-state index contributed by atoms with van der Waals surface area (Å²) in [6, 6.07) is 16.4. The molecular weight excluding hydrogens is 499 g/mol. The highest BCUT2D eigenvalue weighted by Gasteiger charge is 2.28. The molecule has 1 amide bonds. The fraction of sp³-hybridized carbons (Fsp3) is 0.154. The van der Waals surface area contributed by atoms with Crippen LogP contribution in [0.3, 0.4) is 0 Å². The van der Waals surface area contributed by atoms with Crippen molar-refractivity contribution in [2.45, 2.75) is 11.4 Å². The molecular formula is C26H25FN4O5S. The van der Waals surface area contributed by atoms with Gasteiger partial charge in [-0.25, -0.2) is 17.8 Å². The second-order valence-corrected chi connectivity index (χ2v) is 9.74. The minimum absolute atomic E-state index is 0.118. The third-order valence-corrected chi connectivity index (χ3v) is 7.36. The number of halogens is 1. The van der Waals surface area contributed by atoms with Crippen LogP contribution in [0.5, 0.6) is 11.5 Å². The summed E-state index contributed by atoms with van der Waals surface area (Å²) < 4.78 is 54.1. The number of nitrogens with one attached hydrogen (secondary N) is 1. The van der Waals surface area contributed by atoms with Crippen molar-refractivity contribution in [1.29, 1.82) is 0 Å². The van der Waals surface area contributed by atoms with Crippen LogP contribution < -0.4 is 19.1 Å². The van der Waals surface area contributed by atoms with Crippen molar-refractivity contribution >= 4 is 21.6 Å². The summed E-state index contributed by atoms with van der Waals surface area (Å²) in [6.45, 7) is -0.379. The first-order valence-corrected chi connectivity index (χ1v) is 12.6. The molecule has 1 aromatic heterocycles. The number of nitrogens with zero attached hydrogens (tertiary/aromatic N) is 3. The number of rotatable bonds is 10. The fourth-order valence-corrected chi connectivity index (χ4v) is 5.16. The lowest BCUT2D eigenvalue weighted by atomic mass is 10.1. The second-order valence-electron chi connectivity index (χ2n) is 7.88. The normalized spacial score (nSPS) is 11.1. The van der Waals surface area contributed by atoms with E-state index in [2.05, 4.69) is 10.3 Å². The van der Waals surface area contributed by atoms with Crippen LogP contribution in [0.2, 0.25) is 0 Å². The number of aromatic nitrogens is 2. The molecule has 11 heteroatoms. The van der Waals surface area contributed by atoms with Gasteiger partial charge in [-0.05, 0) is 48.0 Å². The van der Waals surface area contributed by atoms with Gasteiger partial charge in [-0.3, -0.25) is 9.10 Å². The number of methoxy groups -OCH3 is 2. The van der Waals surface area contributed by atoms with Gasteiger partial charge in [-0.15, -0.1) is 0 Å². The molecule has 0 saturated carbocycles. The molecule has 0 aliphatic rings. The van der Waals surface area contributed by atoms with E-state index in [-0.39, 0.29) is 22.9 Å². The second kappa shape index (κ2) is 11.1. The topological polar surface area (TPSA) is 103 Å². The van der Waals surface area contributed by atoms with E-state index in [0.29, 0.717) is 5.75 Å². The van der Waals surface area contributed by atoms with E-state index in [1.54, 1.807) is 18.7 Å². The van der Waals surface area contributed by atoms with E-state index in [1.165, 1.54) is 44.6 Å². The summed E-state index contributed by atoms with van der Waals surface area (Å²) in [7, 11) is -1.42. The number of para-hydroxylation sites is 1. The van der Waals surface area contributed by atoms with Crippen molar-refractivity contribution in [3.8, 4) is 17.2 Å². The number of carbonyl (C=O) groups excluding carboxylic acids is 1. The molecule has 0 fully saturated rings. The highest BCUT2D eigenvalue weighted by atomic mass is 32.2. The molecule has 0 unspecified atom stereocenters. The first-order valence-electron chi connectivity index (χ1n) is 11.2. The molecule has 0 spiro atoms. The standard InChI is InChI=1S/C26H25FN4O5S/c1-35-24-12-11-22(15-25(24)36-2)37(33,34)31(21-9-7-20(27)8-10-21)17-26(32)29-16-19-5-3-4-6-23(19)30-14-13-28-18-30/h3-15,18H,16-17H2,1-2H3,(H,29,32). The summed E-state index contributed by atoms with van der Waals surface area (Å²) in [4.78, 5) is 16.9. The van der Waals surface area contributed by atoms with E-state index in [9.17, 15) is 17.6 Å². The average molecular weight is 525 g/mol. The van der Waals surface area contributed by atoms with Gasteiger partial charge in [0.05, 0.1) is 36.8 Å². The molecule has 0 saturated heterocycles. The number of ether oxygens (including phenoxy) is 2. The van der Waals surface area contributed by atoms with Gasteiger partial charge in [0.1, 0.15) is 12.4 Å². The Morgan fingerprint density at radius 3 is 2.43 bits per heavy atom. The highest BCUT2D eigenvalue weighted by molar-refractivity contribution is 7.92. The molecule has 0 aliphatic heterocycles. The molecule has 1 N–H and O–H groups in total. The predicted octanol–water partition coefficient (Wildman–Crippen LogP) is 3.54. The Morgan fingerprint density at radius 1 is 1.03 bits per heavy atom. The summed E-state index contributed by atoms with van der Waals surface area (Å²) in [5.41, 5.74) is 1.77. The number of imidazole rings is 1. The Kier molecular flexibility index (Phi) is 7.73. The molecule has 9 nitrogen and oxygen atoms in total. The van der Waals surface area contributed by atoms with Gasteiger partial charge in [-0.2, -0.15) is 0 Å². The van der Waals surface area contributed by atoms with E-state index in [4.69, 9.17) is 9.47 Å². The van der Waals surface area contributed by atoms with Crippen molar-refractivity contribution in [2.75, 3.05) is 25.1 Å². The molecule has 4 rings (SSSR count). The minimum atomic E-state index is -4.24. The number of sulfonamides is 1. The molecule has 1 heterocycles. The third kappa shape index (κ3) is 5.72. The Morgan fingerprint density at radius 2 is 1.76 bits per heavy atom. The molecule has 37 heavy (non-hydrogen) atoms. The summed E-state index contributed by atoms with van der Waals surface area (Å²) in [5, 5.41) is 2.78. The van der Waals surface area contributed by atoms with Crippen LogP contribution >= 0.6 is 0 Å². The molecule has 0 bridgehead atoms. The maximum atomic E-state index is 13.7. The maximum absolute atomic E-state index is 13.7. The minimum Gasteiger partial charge on any atom is -0.493 e. The zero-order valence-electron chi connectivity index (χ0n) is 20.2. The summed E-state index contributed by atoms with van der Waals surface area (Å²) in [6.07, 6.45) is 5.08. The van der Waals surface area contributed by atoms with E-state index in [1.807, 2.05) is 28.8 Å². The van der Waals surface area contributed by atoms with Crippen LogP contribution in [0.15, 0.2) is 90.3 Å². The summed E-state index contributed by atoms with van der Waals surface area (Å²) >= 11 is 0. The van der Waals surface area contributed by atoms with Gasteiger partial charge in [-0.1, -0.05) is 18.2 Å². The van der Waals surface area contributed by atoms with Crippen molar-refractivity contribution in [3.63, 3.8) is 0 Å². The third-order valence-electron chi connectivity index (χ3n) is 5.60. The van der Waals surface area contributed by atoms with Crippen molar-refractivity contribution in [1.82, 2.24) is 14.9 Å². The lowest BCUT2D eigenvalue weighted by molar-refractivity contribution is -0.119. The van der Waals surface area contributed by atoms with Crippen molar-refractivity contribution < 1.29 is 27.1 Å². The number of carbonyl (C=O) groups is 1. The van der Waals surface area contributed by atoms with Crippen LogP contribution in [0, 0.1) is 5.82 Å². The van der Waals surface area contributed by atoms with Gasteiger partial charge >= 0.3 is 0 Å². The monoisotopic (exact) mass is 524 g/mol. The zero-order chi connectivity index (χ0) is 26.4. The summed E-state index contributed by atoms with van der Waals surface area (Å²) in [5.74, 6) is -0.520. The fourth-order valence-electron chi connectivity index (χ4n) is 3.72. The van der Waals surface area contributed by atoms with Gasteiger partial charge in [0, 0.05) is 25.0 Å². The van der Waals surface area contributed by atoms with Crippen LogP contribution in [0.1, 0.15) is 5.56 Å². The number of hydrogen-bond acceptors (Lipinski definition) is 6. The number of amides is 1. The van der Waals surface area contributed by atoms with Gasteiger partial charge in [0.25, 0.3) is 10.0 Å². The molecule has 192 valence electrons. The highest BCUT2D eigenvalue weighted by Crippen LogP contribution is 2.32. The number of anilines is 1. The van der Waals surface area contributed by atoms with Crippen LogP contribution in [0.25, 0.3) is 5.69 Å². The number of benzene rings is 3. The first-order chi connectivity index (χ1) is 17.8. The van der Waals surface area contributed by atoms with E-state index in [0.717, 1.165) is 27.7 Å². The lowest BCUT2D eigenvalue weighted by Gasteiger charge is -2.24. The van der Waals surface area contributed by atoms with Crippen LogP contribution in [-0.2, 0) is 21.4 Å². The number of hydrogen-bond donors (Lipinski definition) is 1. The Balaban J connectivity index is 1.61. The smallest absolute Gasteiger partial charge is 0.264 e. The van der Waals surface area contributed by atoms with Gasteiger partial charge in [0.2, 0.25) is 5.91 Å². The molecule has 3 aromatic carbocycles. The Bertz CT molecular complexity index is 1480. The van der Waals surface area contributed by atoms with E-state index < -0.39 is 28.3 Å². The average Bonchev–Trinajstić information content (AvgIpc) is 3.46. The predicted molar refractivity (Wildman–Crippen MR) is 136 cm³/mol. The first kappa shape index (κ1) is 25.7.